The van der Waals surface area contributed by atoms with Crippen molar-refractivity contribution < 1.29 is 18.3 Å². The Kier molecular flexibility index (Phi) is 7.41. The van der Waals surface area contributed by atoms with Crippen LogP contribution in [0, 0.1) is 0 Å². The van der Waals surface area contributed by atoms with Gasteiger partial charge in [0.25, 0.3) is 5.76 Å². The summed E-state index contributed by atoms with van der Waals surface area (Å²) in [5, 5.41) is 2.72. The number of nitrogens with one attached hydrogen (secondary N) is 1. The van der Waals surface area contributed by atoms with Crippen molar-refractivity contribution in [3.8, 4) is 5.75 Å². The summed E-state index contributed by atoms with van der Waals surface area (Å²) in [5.41, 5.74) is 1.45. The van der Waals surface area contributed by atoms with E-state index in [1.807, 2.05) is 43.1 Å². The SMILES string of the molecule is COc1ccc(C(C)N(C)CC(=O)Nc2ccccc2SC(F)F)cc1. The molecule has 0 aliphatic heterocycles. The molecule has 0 saturated heterocycles. The van der Waals surface area contributed by atoms with Crippen LogP contribution in [0.4, 0.5) is 14.5 Å². The largest absolute Gasteiger partial charge is 0.497 e. The lowest BCUT2D eigenvalue weighted by Crippen LogP contribution is -2.32. The summed E-state index contributed by atoms with van der Waals surface area (Å²) in [5.74, 6) is -2.02. The van der Waals surface area contributed by atoms with Crippen LogP contribution >= 0.6 is 11.8 Å². The van der Waals surface area contributed by atoms with Crippen molar-refractivity contribution in [2.75, 3.05) is 26.0 Å². The van der Waals surface area contributed by atoms with Crippen LogP contribution in [-0.4, -0.2) is 37.3 Å². The molecule has 2 aromatic rings. The fourth-order valence-corrected chi connectivity index (χ4v) is 3.05. The second-order valence-electron chi connectivity index (χ2n) is 5.79. The van der Waals surface area contributed by atoms with Crippen LogP contribution in [0.1, 0.15) is 18.5 Å². The summed E-state index contributed by atoms with van der Waals surface area (Å²) >= 11 is 0.419. The first-order valence-corrected chi connectivity index (χ1v) is 8.96. The minimum atomic E-state index is -2.54. The van der Waals surface area contributed by atoms with Gasteiger partial charge < -0.3 is 10.1 Å². The Labute approximate surface area is 156 Å². The number of anilines is 1. The number of likely N-dealkylation sites (N-methyl/N-ethyl adjacent to an activating group) is 1. The highest BCUT2D eigenvalue weighted by molar-refractivity contribution is 7.99. The van der Waals surface area contributed by atoms with Crippen molar-refractivity contribution >= 4 is 23.4 Å². The fourth-order valence-electron chi connectivity index (χ4n) is 2.46. The number of thioether (sulfide) groups is 1. The highest BCUT2D eigenvalue weighted by Gasteiger charge is 2.17. The van der Waals surface area contributed by atoms with Crippen LogP contribution in [0.3, 0.4) is 0 Å². The van der Waals surface area contributed by atoms with Gasteiger partial charge in [0.15, 0.2) is 0 Å². The lowest BCUT2D eigenvalue weighted by molar-refractivity contribution is -0.117. The van der Waals surface area contributed by atoms with Gasteiger partial charge in [-0.1, -0.05) is 36.0 Å². The normalized spacial score (nSPS) is 12.3. The highest BCUT2D eigenvalue weighted by atomic mass is 32.2. The zero-order valence-electron chi connectivity index (χ0n) is 14.9. The number of methoxy groups -OCH3 is 1. The molecule has 1 amide bonds. The number of benzene rings is 2. The monoisotopic (exact) mass is 380 g/mol. The molecular formula is C19H22F2N2O2S. The summed E-state index contributed by atoms with van der Waals surface area (Å²) < 4.78 is 30.4. The third-order valence-electron chi connectivity index (χ3n) is 4.03. The maximum absolute atomic E-state index is 12.6. The Morgan fingerprint density at radius 2 is 1.85 bits per heavy atom. The Hall–Kier alpha value is -2.12. The van der Waals surface area contributed by atoms with E-state index in [-0.39, 0.29) is 18.5 Å². The molecule has 1 unspecified atom stereocenters. The van der Waals surface area contributed by atoms with Gasteiger partial charge in [-0.25, -0.2) is 0 Å². The van der Waals surface area contributed by atoms with Crippen molar-refractivity contribution in [3.63, 3.8) is 0 Å². The Morgan fingerprint density at radius 3 is 2.46 bits per heavy atom. The molecule has 1 atom stereocenters. The minimum absolute atomic E-state index is 0.0114. The predicted octanol–water partition coefficient (Wildman–Crippen LogP) is 4.64. The van der Waals surface area contributed by atoms with E-state index in [2.05, 4.69) is 5.32 Å². The van der Waals surface area contributed by atoms with Crippen molar-refractivity contribution in [1.29, 1.82) is 0 Å². The number of halogens is 2. The first kappa shape index (κ1) is 20.2. The summed E-state index contributed by atoms with van der Waals surface area (Å²) in [4.78, 5) is 14.6. The number of alkyl halides is 2. The molecule has 26 heavy (non-hydrogen) atoms. The molecule has 7 heteroatoms. The van der Waals surface area contributed by atoms with Gasteiger partial charge in [-0.05, 0) is 43.8 Å². The van der Waals surface area contributed by atoms with Gasteiger partial charge in [0.05, 0.1) is 19.3 Å². The molecule has 2 rings (SSSR count). The van der Waals surface area contributed by atoms with E-state index < -0.39 is 5.76 Å². The average molecular weight is 380 g/mol. The number of carbonyl (C=O) groups is 1. The van der Waals surface area contributed by atoms with E-state index in [9.17, 15) is 13.6 Å². The maximum Gasteiger partial charge on any atom is 0.288 e. The van der Waals surface area contributed by atoms with Crippen LogP contribution in [0.25, 0.3) is 0 Å². The van der Waals surface area contributed by atoms with Gasteiger partial charge in [0.2, 0.25) is 5.91 Å². The van der Waals surface area contributed by atoms with Crippen molar-refractivity contribution in [1.82, 2.24) is 4.90 Å². The molecule has 0 fully saturated rings. The van der Waals surface area contributed by atoms with Gasteiger partial charge in [-0.2, -0.15) is 8.78 Å². The second-order valence-corrected chi connectivity index (χ2v) is 6.82. The van der Waals surface area contributed by atoms with Gasteiger partial charge >= 0.3 is 0 Å². The molecule has 1 N–H and O–H groups in total. The molecule has 0 spiro atoms. The topological polar surface area (TPSA) is 41.6 Å². The molecule has 0 aliphatic carbocycles. The fraction of sp³-hybridized carbons (Fsp3) is 0.316. The predicted molar refractivity (Wildman–Crippen MR) is 101 cm³/mol. The number of hydrogen-bond acceptors (Lipinski definition) is 4. The van der Waals surface area contributed by atoms with Crippen LogP contribution in [0.2, 0.25) is 0 Å². The zero-order chi connectivity index (χ0) is 19.1. The van der Waals surface area contributed by atoms with Crippen molar-refractivity contribution in [2.45, 2.75) is 23.6 Å². The number of carbonyl (C=O) groups excluding carboxylic acids is 1. The first-order chi connectivity index (χ1) is 12.4. The van der Waals surface area contributed by atoms with Gasteiger partial charge in [-0.15, -0.1) is 0 Å². The molecular weight excluding hydrogens is 358 g/mol. The Bertz CT molecular complexity index is 726. The molecule has 0 saturated carbocycles. The van der Waals surface area contributed by atoms with Gasteiger partial charge in [-0.3, -0.25) is 9.69 Å². The molecule has 140 valence electrons. The number of ether oxygens (including phenoxy) is 1. The third-order valence-corrected chi connectivity index (χ3v) is 4.82. The van der Waals surface area contributed by atoms with E-state index in [0.29, 0.717) is 22.3 Å². The number of rotatable bonds is 8. The van der Waals surface area contributed by atoms with Crippen LogP contribution in [0.5, 0.6) is 5.75 Å². The summed E-state index contributed by atoms with van der Waals surface area (Å²) in [6.45, 7) is 2.14. The number of hydrogen-bond donors (Lipinski definition) is 1. The molecule has 0 bridgehead atoms. The van der Waals surface area contributed by atoms with Crippen LogP contribution in [-0.2, 0) is 4.79 Å². The maximum atomic E-state index is 12.6. The first-order valence-electron chi connectivity index (χ1n) is 8.08. The molecule has 2 aromatic carbocycles. The molecule has 0 radical (unpaired) electrons. The lowest BCUT2D eigenvalue weighted by Gasteiger charge is -2.24. The summed E-state index contributed by atoms with van der Waals surface area (Å²) in [6.07, 6.45) is 0. The second kappa shape index (κ2) is 9.54. The lowest BCUT2D eigenvalue weighted by atomic mass is 10.1. The van der Waals surface area contributed by atoms with Crippen LogP contribution in [0.15, 0.2) is 53.4 Å². The standard InChI is InChI=1S/C19H22F2N2O2S/c1-13(14-8-10-15(25-3)11-9-14)23(2)12-18(24)22-16-6-4-5-7-17(16)26-19(20)21/h4-11,13,19H,12H2,1-3H3,(H,22,24). The van der Waals surface area contributed by atoms with E-state index in [1.54, 1.807) is 31.4 Å². The number of nitrogens with zero attached hydrogens (tertiary/aromatic N) is 1. The van der Waals surface area contributed by atoms with E-state index in [1.165, 1.54) is 0 Å². The molecule has 0 aliphatic rings. The summed E-state index contributed by atoms with van der Waals surface area (Å²) in [6, 6.07) is 14.2. The summed E-state index contributed by atoms with van der Waals surface area (Å²) in [7, 11) is 3.45. The van der Waals surface area contributed by atoms with Crippen molar-refractivity contribution in [2.24, 2.45) is 0 Å². The van der Waals surface area contributed by atoms with Gasteiger partial charge in [0.1, 0.15) is 5.75 Å². The molecule has 4 nitrogen and oxygen atoms in total. The average Bonchev–Trinajstić information content (AvgIpc) is 2.62. The van der Waals surface area contributed by atoms with E-state index in [0.717, 1.165) is 11.3 Å². The quantitative estimate of drug-likeness (QED) is 0.678. The Balaban J connectivity index is 1.98. The Morgan fingerprint density at radius 1 is 1.19 bits per heavy atom. The smallest absolute Gasteiger partial charge is 0.288 e. The highest BCUT2D eigenvalue weighted by Crippen LogP contribution is 2.31. The molecule has 0 aromatic heterocycles. The van der Waals surface area contributed by atoms with Gasteiger partial charge in [0, 0.05) is 10.9 Å². The number of amides is 1. The van der Waals surface area contributed by atoms with E-state index in [4.69, 9.17) is 4.74 Å². The number of para-hydroxylation sites is 1. The van der Waals surface area contributed by atoms with E-state index >= 15 is 0 Å². The minimum Gasteiger partial charge on any atom is -0.497 e. The zero-order valence-corrected chi connectivity index (χ0v) is 15.7. The molecule has 0 heterocycles. The van der Waals surface area contributed by atoms with Crippen molar-refractivity contribution in [3.05, 3.63) is 54.1 Å². The van der Waals surface area contributed by atoms with Crippen LogP contribution < -0.4 is 10.1 Å². The third kappa shape index (κ3) is 5.71.